The Morgan fingerprint density at radius 1 is 0.969 bits per heavy atom. The van der Waals surface area contributed by atoms with Crippen LogP contribution in [-0.2, 0) is 6.54 Å². The molecule has 0 aliphatic carbocycles. The van der Waals surface area contributed by atoms with Crippen molar-refractivity contribution in [1.29, 1.82) is 0 Å². The summed E-state index contributed by atoms with van der Waals surface area (Å²) in [6.45, 7) is 7.42. The van der Waals surface area contributed by atoms with Gasteiger partial charge >= 0.3 is 0 Å². The minimum atomic E-state index is -0.228. The second-order valence-corrected chi connectivity index (χ2v) is 8.19. The van der Waals surface area contributed by atoms with Gasteiger partial charge in [0, 0.05) is 12.1 Å². The Kier molecular flexibility index (Phi) is 6.55. The van der Waals surface area contributed by atoms with Crippen molar-refractivity contribution in [2.24, 2.45) is 0 Å². The molecule has 5 heteroatoms. The average Bonchev–Trinajstić information content (AvgIpc) is 3.17. The van der Waals surface area contributed by atoms with Crippen LogP contribution in [0.4, 0.5) is 0 Å². The summed E-state index contributed by atoms with van der Waals surface area (Å²) in [4.78, 5) is 17.6. The number of aromatic nitrogens is 2. The first-order valence-electron chi connectivity index (χ1n) is 11.0. The largest absolute Gasteiger partial charge is 0.494 e. The molecular formula is C27H29N3O2. The number of aryl methyl sites for hydroxylation is 3. The Hall–Kier alpha value is -3.60. The second-order valence-electron chi connectivity index (χ2n) is 8.19. The van der Waals surface area contributed by atoms with Gasteiger partial charge in [-0.1, -0.05) is 47.5 Å². The molecule has 0 saturated carbocycles. The Morgan fingerprint density at radius 2 is 1.62 bits per heavy atom. The predicted octanol–water partition coefficient (Wildman–Crippen LogP) is 5.61. The van der Waals surface area contributed by atoms with E-state index in [1.807, 2.05) is 68.4 Å². The first kappa shape index (κ1) is 21.6. The molecule has 0 bridgehead atoms. The highest BCUT2D eigenvalue weighted by atomic mass is 16.5. The lowest BCUT2D eigenvalue weighted by Gasteiger charge is -2.17. The molecule has 0 spiro atoms. The number of rotatable bonds is 8. The summed E-state index contributed by atoms with van der Waals surface area (Å²) in [5, 5.41) is 3.10. The van der Waals surface area contributed by atoms with Gasteiger partial charge in [-0.25, -0.2) is 4.98 Å². The number of hydrogen-bond donors (Lipinski definition) is 1. The summed E-state index contributed by atoms with van der Waals surface area (Å²) < 4.78 is 8.09. The van der Waals surface area contributed by atoms with Gasteiger partial charge in [0.15, 0.2) is 0 Å². The molecule has 0 aliphatic rings. The number of amides is 1. The Morgan fingerprint density at radius 3 is 2.34 bits per heavy atom. The van der Waals surface area contributed by atoms with Gasteiger partial charge in [-0.2, -0.15) is 0 Å². The van der Waals surface area contributed by atoms with E-state index in [2.05, 4.69) is 35.0 Å². The number of imidazole rings is 1. The van der Waals surface area contributed by atoms with Gasteiger partial charge in [0.1, 0.15) is 11.6 Å². The molecule has 5 nitrogen and oxygen atoms in total. The molecule has 3 aromatic carbocycles. The first-order valence-corrected chi connectivity index (χ1v) is 11.0. The van der Waals surface area contributed by atoms with Gasteiger partial charge in [0.2, 0.25) is 0 Å². The normalized spacial score (nSPS) is 12.0. The highest BCUT2D eigenvalue weighted by Crippen LogP contribution is 2.22. The number of fused-ring (bicyclic) bond motifs is 1. The van der Waals surface area contributed by atoms with Crippen molar-refractivity contribution >= 4 is 16.9 Å². The third-order valence-corrected chi connectivity index (χ3v) is 5.55. The number of benzene rings is 3. The summed E-state index contributed by atoms with van der Waals surface area (Å²) in [6, 6.07) is 23.5. The minimum absolute atomic E-state index is 0.0983. The van der Waals surface area contributed by atoms with Crippen LogP contribution in [0.5, 0.6) is 5.75 Å². The van der Waals surface area contributed by atoms with Crippen LogP contribution in [0, 0.1) is 13.8 Å². The lowest BCUT2D eigenvalue weighted by atomic mass is 10.1. The van der Waals surface area contributed by atoms with E-state index in [9.17, 15) is 4.79 Å². The number of ether oxygens (including phenoxy) is 1. The molecule has 1 amide bonds. The van der Waals surface area contributed by atoms with Crippen molar-refractivity contribution in [2.75, 3.05) is 6.61 Å². The van der Waals surface area contributed by atoms with E-state index in [0.717, 1.165) is 41.1 Å². The fourth-order valence-corrected chi connectivity index (χ4v) is 3.76. The summed E-state index contributed by atoms with van der Waals surface area (Å²) >= 11 is 0. The van der Waals surface area contributed by atoms with Crippen molar-refractivity contribution in [3.8, 4) is 5.75 Å². The molecule has 0 radical (unpaired) electrons. The van der Waals surface area contributed by atoms with Crippen molar-refractivity contribution in [3.63, 3.8) is 0 Å². The van der Waals surface area contributed by atoms with Crippen molar-refractivity contribution in [3.05, 3.63) is 95.3 Å². The van der Waals surface area contributed by atoms with Gasteiger partial charge < -0.3 is 14.6 Å². The van der Waals surface area contributed by atoms with Gasteiger partial charge in [-0.15, -0.1) is 0 Å². The maximum atomic E-state index is 12.7. The first-order chi connectivity index (χ1) is 15.5. The number of nitrogens with zero attached hydrogens (tertiary/aromatic N) is 2. The van der Waals surface area contributed by atoms with Crippen LogP contribution in [0.3, 0.4) is 0 Å². The lowest BCUT2D eigenvalue weighted by Crippen LogP contribution is -2.28. The smallest absolute Gasteiger partial charge is 0.251 e. The molecule has 4 aromatic rings. The van der Waals surface area contributed by atoms with Crippen molar-refractivity contribution in [2.45, 2.75) is 39.8 Å². The molecule has 1 atom stereocenters. The number of carbonyl (C=O) groups is 1. The lowest BCUT2D eigenvalue weighted by molar-refractivity contribution is 0.0937. The quantitative estimate of drug-likeness (QED) is 0.372. The SMILES string of the molecule is Cc1ccc(OCCCn2c(C(C)NC(=O)c3ccc(C)cc3)nc3ccccc32)cc1. The number of hydrogen-bond acceptors (Lipinski definition) is 3. The van der Waals surface area contributed by atoms with Gasteiger partial charge in [-0.3, -0.25) is 4.79 Å². The van der Waals surface area contributed by atoms with Crippen LogP contribution in [0.2, 0.25) is 0 Å². The van der Waals surface area contributed by atoms with Gasteiger partial charge in [-0.05, 0) is 63.6 Å². The van der Waals surface area contributed by atoms with Crippen LogP contribution in [0.1, 0.15) is 46.7 Å². The second kappa shape index (κ2) is 9.69. The molecule has 164 valence electrons. The van der Waals surface area contributed by atoms with Crippen LogP contribution in [0.25, 0.3) is 11.0 Å². The summed E-state index contributed by atoms with van der Waals surface area (Å²) in [5.41, 5.74) is 4.99. The molecule has 0 saturated heterocycles. The Labute approximate surface area is 189 Å². The Balaban J connectivity index is 1.47. The third-order valence-electron chi connectivity index (χ3n) is 5.55. The molecule has 1 unspecified atom stereocenters. The van der Waals surface area contributed by atoms with E-state index in [4.69, 9.17) is 9.72 Å². The third kappa shape index (κ3) is 4.99. The zero-order valence-electron chi connectivity index (χ0n) is 18.8. The van der Waals surface area contributed by atoms with E-state index in [0.29, 0.717) is 12.2 Å². The van der Waals surface area contributed by atoms with Crippen molar-refractivity contribution < 1.29 is 9.53 Å². The zero-order valence-corrected chi connectivity index (χ0v) is 18.8. The maximum Gasteiger partial charge on any atom is 0.251 e. The van der Waals surface area contributed by atoms with Crippen LogP contribution < -0.4 is 10.1 Å². The van der Waals surface area contributed by atoms with Gasteiger partial charge in [0.05, 0.1) is 23.7 Å². The topological polar surface area (TPSA) is 56.1 Å². The zero-order chi connectivity index (χ0) is 22.5. The highest BCUT2D eigenvalue weighted by molar-refractivity contribution is 5.94. The fraction of sp³-hybridized carbons (Fsp3) is 0.259. The van der Waals surface area contributed by atoms with E-state index >= 15 is 0 Å². The molecule has 1 aromatic heterocycles. The standard InChI is InChI=1S/C27H29N3O2/c1-19-9-13-22(14-10-19)27(31)28-21(3)26-29-24-7-4-5-8-25(24)30(26)17-6-18-32-23-15-11-20(2)12-16-23/h4-5,7-16,21H,6,17-18H2,1-3H3,(H,28,31). The van der Waals surface area contributed by atoms with E-state index in [1.165, 1.54) is 5.56 Å². The molecule has 0 fully saturated rings. The van der Waals surface area contributed by atoms with Crippen molar-refractivity contribution in [1.82, 2.24) is 14.9 Å². The fourth-order valence-electron chi connectivity index (χ4n) is 3.76. The molecular weight excluding hydrogens is 398 g/mol. The molecule has 0 aliphatic heterocycles. The highest BCUT2D eigenvalue weighted by Gasteiger charge is 2.19. The molecule has 1 heterocycles. The van der Waals surface area contributed by atoms with Crippen LogP contribution in [-0.4, -0.2) is 22.1 Å². The summed E-state index contributed by atoms with van der Waals surface area (Å²) in [6.07, 6.45) is 0.833. The summed E-state index contributed by atoms with van der Waals surface area (Å²) in [5.74, 6) is 1.63. The number of nitrogens with one attached hydrogen (secondary N) is 1. The maximum absolute atomic E-state index is 12.7. The van der Waals surface area contributed by atoms with E-state index < -0.39 is 0 Å². The van der Waals surface area contributed by atoms with Crippen LogP contribution >= 0.6 is 0 Å². The number of para-hydroxylation sites is 2. The molecule has 32 heavy (non-hydrogen) atoms. The summed E-state index contributed by atoms with van der Waals surface area (Å²) in [7, 11) is 0. The average molecular weight is 428 g/mol. The van der Waals surface area contributed by atoms with Crippen LogP contribution in [0.15, 0.2) is 72.8 Å². The van der Waals surface area contributed by atoms with E-state index in [1.54, 1.807) is 0 Å². The van der Waals surface area contributed by atoms with Gasteiger partial charge in [0.25, 0.3) is 5.91 Å². The predicted molar refractivity (Wildman–Crippen MR) is 128 cm³/mol. The Bertz CT molecular complexity index is 1190. The minimum Gasteiger partial charge on any atom is -0.494 e. The molecule has 4 rings (SSSR count). The number of carbonyl (C=O) groups excluding carboxylic acids is 1. The van der Waals surface area contributed by atoms with E-state index in [-0.39, 0.29) is 11.9 Å². The molecule has 1 N–H and O–H groups in total. The monoisotopic (exact) mass is 427 g/mol.